The van der Waals surface area contributed by atoms with Gasteiger partial charge in [-0.05, 0) is 17.0 Å². The van der Waals surface area contributed by atoms with E-state index in [1.54, 1.807) is 4.68 Å². The Hall–Kier alpha value is -1.72. The van der Waals surface area contributed by atoms with Crippen molar-refractivity contribution in [2.45, 2.75) is 32.4 Å². The minimum absolute atomic E-state index is 0.498. The Kier molecular flexibility index (Phi) is 4.87. The molecule has 0 aliphatic carbocycles. The van der Waals surface area contributed by atoms with Gasteiger partial charge < -0.3 is 10.4 Å². The molecule has 20 heavy (non-hydrogen) atoms. The molecule has 0 aliphatic rings. The van der Waals surface area contributed by atoms with E-state index in [2.05, 4.69) is 41.6 Å². The fourth-order valence-electron chi connectivity index (χ4n) is 2.03. The second kappa shape index (κ2) is 6.63. The fourth-order valence-corrected chi connectivity index (χ4v) is 2.03. The average Bonchev–Trinajstić information content (AvgIpc) is 2.84. The fraction of sp³-hybridized carbons (Fsp3) is 0.467. The van der Waals surface area contributed by atoms with Crippen LogP contribution in [0.3, 0.4) is 0 Å². The van der Waals surface area contributed by atoms with Crippen LogP contribution in [0.1, 0.15) is 42.7 Å². The SMILES string of the molecule is CC(C)c1ccc(C(O)CNCc2cn(C)nn2)cc1. The van der Waals surface area contributed by atoms with Gasteiger partial charge in [0.2, 0.25) is 0 Å². The molecule has 0 amide bonds. The summed E-state index contributed by atoms with van der Waals surface area (Å²) >= 11 is 0. The molecule has 2 N–H and O–H groups in total. The van der Waals surface area contributed by atoms with Crippen molar-refractivity contribution in [3.05, 3.63) is 47.3 Å². The topological polar surface area (TPSA) is 63.0 Å². The van der Waals surface area contributed by atoms with Crippen molar-refractivity contribution in [1.29, 1.82) is 0 Å². The van der Waals surface area contributed by atoms with Crippen molar-refractivity contribution in [3.63, 3.8) is 0 Å². The van der Waals surface area contributed by atoms with Gasteiger partial charge in [-0.1, -0.05) is 43.3 Å². The number of aryl methyl sites for hydroxylation is 1. The van der Waals surface area contributed by atoms with Crippen LogP contribution >= 0.6 is 0 Å². The number of nitrogens with zero attached hydrogens (tertiary/aromatic N) is 3. The first-order valence-electron chi connectivity index (χ1n) is 6.90. The Morgan fingerprint density at radius 3 is 2.40 bits per heavy atom. The van der Waals surface area contributed by atoms with Crippen LogP contribution in [0.15, 0.2) is 30.5 Å². The first kappa shape index (κ1) is 14.7. The van der Waals surface area contributed by atoms with E-state index in [0.29, 0.717) is 19.0 Å². The smallest absolute Gasteiger partial charge is 0.0964 e. The number of aliphatic hydroxyl groups excluding tert-OH is 1. The summed E-state index contributed by atoms with van der Waals surface area (Å²) in [5.41, 5.74) is 3.09. The highest BCUT2D eigenvalue weighted by Crippen LogP contribution is 2.18. The third-order valence-corrected chi connectivity index (χ3v) is 3.28. The summed E-state index contributed by atoms with van der Waals surface area (Å²) in [6, 6.07) is 8.13. The van der Waals surface area contributed by atoms with Crippen LogP contribution in [0.4, 0.5) is 0 Å². The molecule has 0 fully saturated rings. The number of hydrogen-bond acceptors (Lipinski definition) is 4. The molecule has 1 atom stereocenters. The van der Waals surface area contributed by atoms with E-state index in [-0.39, 0.29) is 0 Å². The molecule has 1 unspecified atom stereocenters. The Morgan fingerprint density at radius 1 is 1.20 bits per heavy atom. The molecule has 1 aromatic heterocycles. The largest absolute Gasteiger partial charge is 0.387 e. The lowest BCUT2D eigenvalue weighted by atomic mass is 10.00. The van der Waals surface area contributed by atoms with E-state index in [0.717, 1.165) is 11.3 Å². The number of aromatic nitrogens is 3. The van der Waals surface area contributed by atoms with Gasteiger partial charge in [0.1, 0.15) is 0 Å². The van der Waals surface area contributed by atoms with Crippen molar-refractivity contribution < 1.29 is 5.11 Å². The minimum atomic E-state index is -0.507. The Labute approximate surface area is 119 Å². The lowest BCUT2D eigenvalue weighted by molar-refractivity contribution is 0.174. The summed E-state index contributed by atoms with van der Waals surface area (Å²) < 4.78 is 1.66. The van der Waals surface area contributed by atoms with Gasteiger partial charge in [0, 0.05) is 26.3 Å². The molecule has 1 aromatic carbocycles. The van der Waals surface area contributed by atoms with Gasteiger partial charge in [-0.25, -0.2) is 0 Å². The lowest BCUT2D eigenvalue weighted by Crippen LogP contribution is -2.21. The molecule has 108 valence electrons. The first-order valence-corrected chi connectivity index (χ1v) is 6.90. The normalized spacial score (nSPS) is 12.8. The summed E-state index contributed by atoms with van der Waals surface area (Å²) in [4.78, 5) is 0. The number of benzene rings is 1. The van der Waals surface area contributed by atoms with E-state index in [4.69, 9.17) is 0 Å². The van der Waals surface area contributed by atoms with Crippen LogP contribution in [-0.4, -0.2) is 26.6 Å². The second-order valence-electron chi connectivity index (χ2n) is 5.35. The molecular weight excluding hydrogens is 252 g/mol. The van der Waals surface area contributed by atoms with Crippen LogP contribution in [0.5, 0.6) is 0 Å². The van der Waals surface area contributed by atoms with Crippen LogP contribution in [-0.2, 0) is 13.6 Å². The second-order valence-corrected chi connectivity index (χ2v) is 5.35. The van der Waals surface area contributed by atoms with Crippen molar-refractivity contribution in [2.75, 3.05) is 6.54 Å². The molecule has 0 bridgehead atoms. The van der Waals surface area contributed by atoms with Crippen LogP contribution < -0.4 is 5.32 Å². The molecule has 5 nitrogen and oxygen atoms in total. The average molecular weight is 274 g/mol. The lowest BCUT2D eigenvalue weighted by Gasteiger charge is -2.13. The predicted molar refractivity (Wildman–Crippen MR) is 78.2 cm³/mol. The zero-order valence-corrected chi connectivity index (χ0v) is 12.2. The molecule has 0 saturated carbocycles. The highest BCUT2D eigenvalue weighted by atomic mass is 16.3. The van der Waals surface area contributed by atoms with Gasteiger partial charge in [0.15, 0.2) is 0 Å². The molecule has 1 heterocycles. The van der Waals surface area contributed by atoms with Crippen LogP contribution in [0.25, 0.3) is 0 Å². The molecular formula is C15H22N4O. The Bertz CT molecular complexity index is 533. The van der Waals surface area contributed by atoms with Crippen LogP contribution in [0, 0.1) is 0 Å². The van der Waals surface area contributed by atoms with Gasteiger partial charge in [0.05, 0.1) is 11.8 Å². The standard InChI is InChI=1S/C15H22N4O/c1-11(2)12-4-6-13(7-5-12)15(20)9-16-8-14-10-19(3)18-17-14/h4-7,10-11,15-16,20H,8-9H2,1-3H3. The number of rotatable bonds is 6. The molecule has 0 spiro atoms. The van der Waals surface area contributed by atoms with E-state index >= 15 is 0 Å². The number of nitrogens with one attached hydrogen (secondary N) is 1. The molecule has 2 aromatic rings. The summed E-state index contributed by atoms with van der Waals surface area (Å²) in [5, 5.41) is 21.2. The predicted octanol–water partition coefficient (Wildman–Crippen LogP) is 1.76. The molecule has 0 radical (unpaired) electrons. The quantitative estimate of drug-likeness (QED) is 0.842. The highest BCUT2D eigenvalue weighted by molar-refractivity contribution is 5.26. The maximum absolute atomic E-state index is 10.1. The third kappa shape index (κ3) is 3.88. The maximum atomic E-state index is 10.1. The van der Waals surface area contributed by atoms with Crippen molar-refractivity contribution in [1.82, 2.24) is 20.3 Å². The van der Waals surface area contributed by atoms with Crippen LogP contribution in [0.2, 0.25) is 0 Å². The zero-order chi connectivity index (χ0) is 14.5. The van der Waals surface area contributed by atoms with Gasteiger partial charge in [0.25, 0.3) is 0 Å². The zero-order valence-electron chi connectivity index (χ0n) is 12.2. The summed E-state index contributed by atoms with van der Waals surface area (Å²) in [6.07, 6.45) is 1.35. The van der Waals surface area contributed by atoms with E-state index in [9.17, 15) is 5.11 Å². The first-order chi connectivity index (χ1) is 9.56. The summed E-state index contributed by atoms with van der Waals surface area (Å²) in [5.74, 6) is 0.510. The van der Waals surface area contributed by atoms with Gasteiger partial charge in [-0.2, -0.15) is 0 Å². The van der Waals surface area contributed by atoms with Gasteiger partial charge in [-0.15, -0.1) is 5.10 Å². The minimum Gasteiger partial charge on any atom is -0.387 e. The molecule has 0 aliphatic heterocycles. The maximum Gasteiger partial charge on any atom is 0.0964 e. The monoisotopic (exact) mass is 274 g/mol. The molecule has 2 rings (SSSR count). The molecule has 5 heteroatoms. The van der Waals surface area contributed by atoms with E-state index in [1.807, 2.05) is 25.4 Å². The van der Waals surface area contributed by atoms with E-state index in [1.165, 1.54) is 5.56 Å². The Balaban J connectivity index is 1.83. The van der Waals surface area contributed by atoms with Crippen molar-refractivity contribution in [3.8, 4) is 0 Å². The Morgan fingerprint density at radius 2 is 1.85 bits per heavy atom. The van der Waals surface area contributed by atoms with Crippen molar-refractivity contribution >= 4 is 0 Å². The third-order valence-electron chi connectivity index (χ3n) is 3.28. The summed E-state index contributed by atoms with van der Waals surface area (Å²) in [7, 11) is 1.83. The summed E-state index contributed by atoms with van der Waals surface area (Å²) in [6.45, 7) is 5.42. The number of hydrogen-bond donors (Lipinski definition) is 2. The highest BCUT2D eigenvalue weighted by Gasteiger charge is 2.08. The van der Waals surface area contributed by atoms with E-state index < -0.39 is 6.10 Å². The van der Waals surface area contributed by atoms with Gasteiger partial charge in [-0.3, -0.25) is 4.68 Å². The number of aliphatic hydroxyl groups is 1. The van der Waals surface area contributed by atoms with Crippen molar-refractivity contribution in [2.24, 2.45) is 7.05 Å². The van der Waals surface area contributed by atoms with Gasteiger partial charge >= 0.3 is 0 Å². The molecule has 0 saturated heterocycles.